The summed E-state index contributed by atoms with van der Waals surface area (Å²) < 4.78 is 3.03. The van der Waals surface area contributed by atoms with Gasteiger partial charge in [-0.1, -0.05) is 37.5 Å². The fraction of sp³-hybridized carbons (Fsp3) is 0.300. The van der Waals surface area contributed by atoms with E-state index < -0.39 is 0 Å². The van der Waals surface area contributed by atoms with Crippen LogP contribution < -0.4 is 11.0 Å². The van der Waals surface area contributed by atoms with Crippen LogP contribution in [0, 0.1) is 0 Å². The number of fused-ring (bicyclic) bond motifs is 3. The quantitative estimate of drug-likeness (QED) is 0.607. The maximum Gasteiger partial charge on any atom is 0.355 e. The molecule has 0 amide bonds. The van der Waals surface area contributed by atoms with Crippen LogP contribution in [0.15, 0.2) is 53.5 Å². The van der Waals surface area contributed by atoms with E-state index in [0.29, 0.717) is 28.7 Å². The van der Waals surface area contributed by atoms with Crippen LogP contribution in [-0.2, 0) is 0 Å². The van der Waals surface area contributed by atoms with Crippen LogP contribution in [0.25, 0.3) is 22.5 Å². The van der Waals surface area contributed by atoms with Crippen molar-refractivity contribution in [3.05, 3.63) is 59.1 Å². The summed E-state index contributed by atoms with van der Waals surface area (Å²) in [6, 6.07) is 13.5. The smallest absolute Gasteiger partial charge is 0.355 e. The van der Waals surface area contributed by atoms with Gasteiger partial charge >= 0.3 is 5.69 Å². The second-order valence-electron chi connectivity index (χ2n) is 6.97. The van der Waals surface area contributed by atoms with Crippen molar-refractivity contribution in [1.82, 2.24) is 24.1 Å². The molecule has 0 radical (unpaired) electrons. The molecular weight excluding hydrogens is 340 g/mol. The van der Waals surface area contributed by atoms with Gasteiger partial charge in [0.15, 0.2) is 11.5 Å². The first-order valence-electron chi connectivity index (χ1n) is 9.40. The number of rotatable bonds is 3. The molecule has 27 heavy (non-hydrogen) atoms. The highest BCUT2D eigenvalue weighted by Gasteiger charge is 2.20. The fourth-order valence-corrected chi connectivity index (χ4v) is 3.82. The minimum atomic E-state index is -0.219. The van der Waals surface area contributed by atoms with Gasteiger partial charge in [0.2, 0.25) is 5.65 Å². The van der Waals surface area contributed by atoms with Crippen LogP contribution in [0.2, 0.25) is 0 Å². The molecule has 3 heterocycles. The molecule has 1 fully saturated rings. The highest BCUT2D eigenvalue weighted by Crippen LogP contribution is 2.24. The molecule has 0 atom stereocenters. The predicted octanol–water partition coefficient (Wildman–Crippen LogP) is 3.17. The van der Waals surface area contributed by atoms with E-state index in [1.807, 2.05) is 42.5 Å². The van der Waals surface area contributed by atoms with Crippen LogP contribution in [0.4, 0.5) is 5.82 Å². The second kappa shape index (κ2) is 6.50. The first-order chi connectivity index (χ1) is 13.3. The predicted molar refractivity (Wildman–Crippen MR) is 104 cm³/mol. The van der Waals surface area contributed by atoms with Crippen molar-refractivity contribution in [2.45, 2.75) is 38.1 Å². The molecule has 0 spiro atoms. The molecule has 0 unspecified atom stereocenters. The molecule has 0 saturated heterocycles. The van der Waals surface area contributed by atoms with E-state index in [1.54, 1.807) is 10.6 Å². The lowest BCUT2D eigenvalue weighted by atomic mass is 9.95. The van der Waals surface area contributed by atoms with Crippen molar-refractivity contribution >= 4 is 22.6 Å². The summed E-state index contributed by atoms with van der Waals surface area (Å²) in [4.78, 5) is 22.2. The molecule has 0 bridgehead atoms. The number of anilines is 1. The minimum Gasteiger partial charge on any atom is -0.364 e. The van der Waals surface area contributed by atoms with Gasteiger partial charge in [0.25, 0.3) is 0 Å². The average molecular weight is 360 g/mol. The summed E-state index contributed by atoms with van der Waals surface area (Å²) >= 11 is 0. The third-order valence-electron chi connectivity index (χ3n) is 5.16. The van der Waals surface area contributed by atoms with Crippen molar-refractivity contribution in [3.63, 3.8) is 0 Å². The number of benzene rings is 1. The normalized spacial score (nSPS) is 15.4. The summed E-state index contributed by atoms with van der Waals surface area (Å²) in [6.45, 7) is 0. The summed E-state index contributed by atoms with van der Waals surface area (Å²) in [5, 5.41) is 8.13. The largest absolute Gasteiger partial charge is 0.364 e. The molecule has 1 saturated carbocycles. The Morgan fingerprint density at radius 1 is 1.00 bits per heavy atom. The number of nitrogens with zero attached hydrogens (tertiary/aromatic N) is 5. The van der Waals surface area contributed by atoms with Crippen LogP contribution in [0.3, 0.4) is 0 Å². The monoisotopic (exact) mass is 360 g/mol. The highest BCUT2D eigenvalue weighted by atomic mass is 16.2. The van der Waals surface area contributed by atoms with Gasteiger partial charge in [0, 0.05) is 12.2 Å². The zero-order valence-electron chi connectivity index (χ0n) is 14.9. The van der Waals surface area contributed by atoms with E-state index in [-0.39, 0.29) is 5.69 Å². The van der Waals surface area contributed by atoms with Gasteiger partial charge in [0.05, 0.1) is 11.2 Å². The molecule has 0 aliphatic heterocycles. The number of hydrogen-bond acceptors (Lipinski definition) is 5. The Balaban J connectivity index is 1.74. The van der Waals surface area contributed by atoms with E-state index >= 15 is 0 Å². The third kappa shape index (κ3) is 2.75. The van der Waals surface area contributed by atoms with Gasteiger partial charge < -0.3 is 5.32 Å². The van der Waals surface area contributed by atoms with Gasteiger partial charge in [-0.3, -0.25) is 0 Å². The Hall–Kier alpha value is -3.22. The van der Waals surface area contributed by atoms with E-state index in [4.69, 9.17) is 0 Å². The molecular formula is C20H20N6O. The maximum atomic E-state index is 13.2. The van der Waals surface area contributed by atoms with Crippen LogP contribution in [0.5, 0.6) is 0 Å². The Morgan fingerprint density at radius 3 is 2.63 bits per heavy atom. The lowest BCUT2D eigenvalue weighted by Crippen LogP contribution is -2.24. The van der Waals surface area contributed by atoms with E-state index in [9.17, 15) is 4.79 Å². The third-order valence-corrected chi connectivity index (χ3v) is 5.16. The Morgan fingerprint density at radius 2 is 1.81 bits per heavy atom. The maximum absolute atomic E-state index is 13.2. The van der Waals surface area contributed by atoms with E-state index in [1.165, 1.54) is 23.9 Å². The number of nitrogens with one attached hydrogen (secondary N) is 1. The van der Waals surface area contributed by atoms with Crippen LogP contribution in [0.1, 0.15) is 32.1 Å². The van der Waals surface area contributed by atoms with Gasteiger partial charge in [-0.05, 0) is 37.1 Å². The summed E-state index contributed by atoms with van der Waals surface area (Å²) in [7, 11) is 0. The molecule has 1 aliphatic carbocycles. The molecule has 7 nitrogen and oxygen atoms in total. The summed E-state index contributed by atoms with van der Waals surface area (Å²) in [5.41, 5.74) is 2.25. The number of pyridine rings is 1. The lowest BCUT2D eigenvalue weighted by molar-refractivity contribution is 0.462. The Bertz CT molecular complexity index is 1160. The van der Waals surface area contributed by atoms with E-state index in [0.717, 1.165) is 18.5 Å². The number of aromatic nitrogens is 5. The Kier molecular flexibility index (Phi) is 3.85. The zero-order valence-corrected chi connectivity index (χ0v) is 14.9. The van der Waals surface area contributed by atoms with Crippen LogP contribution in [-0.4, -0.2) is 30.2 Å². The van der Waals surface area contributed by atoms with Crippen molar-refractivity contribution in [1.29, 1.82) is 0 Å². The molecule has 3 aromatic heterocycles. The lowest BCUT2D eigenvalue weighted by Gasteiger charge is -2.23. The van der Waals surface area contributed by atoms with Gasteiger partial charge in [-0.25, -0.2) is 19.2 Å². The molecule has 1 aromatic carbocycles. The average Bonchev–Trinajstić information content (AvgIpc) is 3.08. The van der Waals surface area contributed by atoms with E-state index in [2.05, 4.69) is 20.4 Å². The van der Waals surface area contributed by atoms with Crippen molar-refractivity contribution < 1.29 is 0 Å². The number of hydrogen-bond donors (Lipinski definition) is 1. The number of para-hydroxylation sites is 1. The highest BCUT2D eigenvalue weighted by molar-refractivity contribution is 5.79. The molecule has 4 aromatic rings. The van der Waals surface area contributed by atoms with Crippen LogP contribution >= 0.6 is 0 Å². The molecule has 5 rings (SSSR count). The van der Waals surface area contributed by atoms with Crippen molar-refractivity contribution in [3.8, 4) is 5.69 Å². The fourth-order valence-electron chi connectivity index (χ4n) is 3.82. The summed E-state index contributed by atoms with van der Waals surface area (Å²) in [5.74, 6) is 0.625. The standard InChI is InChI=1S/C20H20N6O/c27-20-25-16-12-7-13-21-17(16)23-18(22-14-8-3-1-4-9-14)19(25)24-26(20)15-10-5-2-6-11-15/h2,5-7,10-14H,1,3-4,8-9H2,(H,21,22,23). The first-order valence-corrected chi connectivity index (χ1v) is 9.40. The van der Waals surface area contributed by atoms with Crippen molar-refractivity contribution in [2.75, 3.05) is 5.32 Å². The molecule has 1 aliphatic rings. The first kappa shape index (κ1) is 16.0. The molecule has 136 valence electrons. The molecule has 1 N–H and O–H groups in total. The topological polar surface area (TPSA) is 77.1 Å². The SMILES string of the molecule is O=c1n(-c2ccccc2)nc2c(NC3CCCCC3)nc3ncccc3n12. The van der Waals surface area contributed by atoms with Gasteiger partial charge in [0.1, 0.15) is 0 Å². The van der Waals surface area contributed by atoms with Gasteiger partial charge in [-0.15, -0.1) is 5.10 Å². The minimum absolute atomic E-state index is 0.219. The Labute approximate surface area is 155 Å². The van der Waals surface area contributed by atoms with Gasteiger partial charge in [-0.2, -0.15) is 4.68 Å². The zero-order chi connectivity index (χ0) is 18.2. The summed E-state index contributed by atoms with van der Waals surface area (Å²) in [6.07, 6.45) is 7.62. The van der Waals surface area contributed by atoms with Crippen molar-refractivity contribution in [2.24, 2.45) is 0 Å². The molecule has 7 heteroatoms. The second-order valence-corrected chi connectivity index (χ2v) is 6.97.